The standard InChI is InChI=1S/C36H38F3IN6O3/c37-36(38,39)19-48-32-30(25-13-24(47)12-20-4-1-6-27(40)29(20)25)41-15-26-31(32)43-34(44-33(26)45-16-22-8-9-23(17-45)42-22)49-18-35-10-3-11-46(35)28-7-2-5-21(28)14-35/h1,4,6,12-13,15,21-23,28,42,47H,2-3,5,7-11,14,16-19H2. The highest BCUT2D eigenvalue weighted by Crippen LogP contribution is 2.51. The Morgan fingerprint density at radius 2 is 1.88 bits per heavy atom. The van der Waals surface area contributed by atoms with Crippen LogP contribution < -0.4 is 19.7 Å². The normalized spacial score (nSPS) is 28.0. The monoisotopic (exact) mass is 786 g/mol. The molecule has 2 bridgehead atoms. The van der Waals surface area contributed by atoms with E-state index >= 15 is 0 Å². The molecule has 5 unspecified atom stereocenters. The lowest BCUT2D eigenvalue weighted by Crippen LogP contribution is -2.51. The van der Waals surface area contributed by atoms with Crippen molar-refractivity contribution in [1.29, 1.82) is 0 Å². The first-order valence-corrected chi connectivity index (χ1v) is 18.4. The molecule has 0 spiro atoms. The first-order valence-electron chi connectivity index (χ1n) is 17.4. The summed E-state index contributed by atoms with van der Waals surface area (Å²) in [5, 5.41) is 16.4. The Morgan fingerprint density at radius 1 is 1.04 bits per heavy atom. The van der Waals surface area contributed by atoms with Crippen LogP contribution in [0.2, 0.25) is 0 Å². The van der Waals surface area contributed by atoms with Gasteiger partial charge in [-0.2, -0.15) is 23.1 Å². The van der Waals surface area contributed by atoms with Crippen molar-refractivity contribution in [2.24, 2.45) is 5.92 Å². The van der Waals surface area contributed by atoms with Crippen LogP contribution in [0.3, 0.4) is 0 Å². The largest absolute Gasteiger partial charge is 0.508 e. The molecule has 6 heterocycles. The van der Waals surface area contributed by atoms with E-state index in [4.69, 9.17) is 24.4 Å². The van der Waals surface area contributed by atoms with Crippen LogP contribution in [0.15, 0.2) is 36.5 Å². The molecular weight excluding hydrogens is 748 g/mol. The first kappa shape index (κ1) is 31.8. The second kappa shape index (κ2) is 12.0. The van der Waals surface area contributed by atoms with Crippen LogP contribution in [-0.4, -0.2) is 87.6 Å². The molecule has 49 heavy (non-hydrogen) atoms. The fourth-order valence-electron chi connectivity index (χ4n) is 9.60. The van der Waals surface area contributed by atoms with Crippen molar-refractivity contribution in [3.63, 3.8) is 0 Å². The number of aromatic nitrogens is 3. The number of alkyl halides is 3. The van der Waals surface area contributed by atoms with Gasteiger partial charge in [0.15, 0.2) is 12.4 Å². The van der Waals surface area contributed by atoms with Gasteiger partial charge in [0, 0.05) is 51.9 Å². The van der Waals surface area contributed by atoms with Gasteiger partial charge in [-0.3, -0.25) is 9.88 Å². The molecule has 2 aromatic carbocycles. The SMILES string of the molecule is Oc1cc(-c2ncc3c(N4CC5CCC(C4)N5)nc(OCC45CCCN4C4CCCC4C5)nc3c2OCC(F)(F)F)c2c(I)cccc2c1. The van der Waals surface area contributed by atoms with E-state index in [-0.39, 0.29) is 34.3 Å². The number of fused-ring (bicyclic) bond motifs is 7. The molecule has 1 aliphatic carbocycles. The van der Waals surface area contributed by atoms with Crippen LogP contribution >= 0.6 is 22.6 Å². The number of anilines is 1. The third-order valence-electron chi connectivity index (χ3n) is 11.5. The maximum absolute atomic E-state index is 13.8. The van der Waals surface area contributed by atoms with Crippen molar-refractivity contribution < 1.29 is 27.8 Å². The van der Waals surface area contributed by atoms with Crippen LogP contribution in [0.5, 0.6) is 17.5 Å². The predicted octanol–water partition coefficient (Wildman–Crippen LogP) is 6.82. The van der Waals surface area contributed by atoms with Gasteiger partial charge in [0.05, 0.1) is 10.9 Å². The summed E-state index contributed by atoms with van der Waals surface area (Å²) in [5.74, 6) is 1.14. The third kappa shape index (κ3) is 5.63. The minimum Gasteiger partial charge on any atom is -0.508 e. The minimum absolute atomic E-state index is 0.0291. The number of phenols is 1. The third-order valence-corrected chi connectivity index (χ3v) is 12.4. The van der Waals surface area contributed by atoms with E-state index in [9.17, 15) is 18.3 Å². The van der Waals surface area contributed by atoms with Crippen molar-refractivity contribution in [3.05, 3.63) is 40.1 Å². The molecule has 5 aliphatic rings. The number of aromatic hydroxyl groups is 1. The van der Waals surface area contributed by atoms with Crippen LogP contribution in [0.1, 0.15) is 51.4 Å². The number of ether oxygens (including phenoxy) is 2. The maximum Gasteiger partial charge on any atom is 0.422 e. The Bertz CT molecular complexity index is 1930. The van der Waals surface area contributed by atoms with Crippen molar-refractivity contribution in [2.75, 3.05) is 37.7 Å². The second-order valence-electron chi connectivity index (χ2n) is 14.6. The van der Waals surface area contributed by atoms with E-state index < -0.39 is 12.8 Å². The number of phenolic OH excluding ortho intramolecular Hbond substituents is 1. The van der Waals surface area contributed by atoms with Gasteiger partial charge in [-0.05, 0) is 104 Å². The van der Waals surface area contributed by atoms with Crippen LogP contribution in [0.25, 0.3) is 32.9 Å². The topological polar surface area (TPSA) is 95.9 Å². The summed E-state index contributed by atoms with van der Waals surface area (Å²) < 4.78 is 54.7. The quantitative estimate of drug-likeness (QED) is 0.196. The van der Waals surface area contributed by atoms with Gasteiger partial charge in [0.2, 0.25) is 0 Å². The van der Waals surface area contributed by atoms with Gasteiger partial charge in [0.25, 0.3) is 0 Å². The van der Waals surface area contributed by atoms with E-state index in [1.165, 1.54) is 25.3 Å². The van der Waals surface area contributed by atoms with E-state index in [1.807, 2.05) is 18.2 Å². The molecule has 1 saturated carbocycles. The molecule has 9 rings (SSSR count). The van der Waals surface area contributed by atoms with E-state index in [0.29, 0.717) is 60.5 Å². The van der Waals surface area contributed by atoms with E-state index in [1.54, 1.807) is 12.3 Å². The zero-order valence-electron chi connectivity index (χ0n) is 27.0. The molecule has 258 valence electrons. The Kier molecular flexibility index (Phi) is 7.76. The highest BCUT2D eigenvalue weighted by atomic mass is 127. The highest BCUT2D eigenvalue weighted by molar-refractivity contribution is 14.1. The van der Waals surface area contributed by atoms with Crippen LogP contribution in [0, 0.1) is 9.49 Å². The molecule has 2 aromatic heterocycles. The fraction of sp³-hybridized carbons (Fsp3) is 0.528. The van der Waals surface area contributed by atoms with Crippen LogP contribution in [-0.2, 0) is 0 Å². The number of nitrogens with zero attached hydrogens (tertiary/aromatic N) is 5. The molecule has 13 heteroatoms. The molecular formula is C36H38F3IN6O3. The summed E-state index contributed by atoms with van der Waals surface area (Å²) in [6, 6.07) is 10.1. The predicted molar refractivity (Wildman–Crippen MR) is 188 cm³/mol. The maximum atomic E-state index is 13.8. The second-order valence-corrected chi connectivity index (χ2v) is 15.7. The van der Waals surface area contributed by atoms with Crippen molar-refractivity contribution in [2.45, 2.75) is 81.2 Å². The molecule has 9 nitrogen and oxygen atoms in total. The molecule has 5 atom stereocenters. The van der Waals surface area contributed by atoms with Gasteiger partial charge >= 0.3 is 12.2 Å². The summed E-state index contributed by atoms with van der Waals surface area (Å²) in [5.41, 5.74) is 0.770. The fourth-order valence-corrected chi connectivity index (χ4v) is 10.4. The van der Waals surface area contributed by atoms with E-state index in [0.717, 1.165) is 53.0 Å². The number of rotatable bonds is 7. The van der Waals surface area contributed by atoms with Crippen molar-refractivity contribution in [1.82, 2.24) is 25.2 Å². The number of nitrogens with one attached hydrogen (secondary N) is 1. The number of hydrogen-bond acceptors (Lipinski definition) is 9. The highest BCUT2D eigenvalue weighted by Gasteiger charge is 2.55. The molecule has 4 saturated heterocycles. The Hall–Kier alpha value is -3.17. The van der Waals surface area contributed by atoms with Crippen molar-refractivity contribution >= 4 is 50.1 Å². The first-order chi connectivity index (χ1) is 23.6. The average molecular weight is 787 g/mol. The number of piperazine rings is 1. The molecule has 4 aliphatic heterocycles. The Morgan fingerprint density at radius 3 is 2.69 bits per heavy atom. The van der Waals surface area contributed by atoms with Gasteiger partial charge < -0.3 is 24.8 Å². The lowest BCUT2D eigenvalue weighted by Gasteiger charge is -2.35. The average Bonchev–Trinajstić information content (AvgIpc) is 3.83. The summed E-state index contributed by atoms with van der Waals surface area (Å²) in [4.78, 5) is 19.4. The molecule has 0 radical (unpaired) electrons. The summed E-state index contributed by atoms with van der Waals surface area (Å²) in [6.07, 6.45) is 6.17. The van der Waals surface area contributed by atoms with Gasteiger partial charge in [-0.1, -0.05) is 18.6 Å². The summed E-state index contributed by atoms with van der Waals surface area (Å²) >= 11 is 2.19. The number of pyridine rings is 1. The molecule has 5 fully saturated rings. The summed E-state index contributed by atoms with van der Waals surface area (Å²) in [7, 11) is 0. The van der Waals surface area contributed by atoms with Gasteiger partial charge in [-0.15, -0.1) is 0 Å². The van der Waals surface area contributed by atoms with Crippen LogP contribution in [0.4, 0.5) is 19.0 Å². The lowest BCUT2D eigenvalue weighted by molar-refractivity contribution is -0.153. The minimum atomic E-state index is -4.60. The lowest BCUT2D eigenvalue weighted by atomic mass is 9.90. The Labute approximate surface area is 295 Å². The Balaban J connectivity index is 1.20. The zero-order valence-corrected chi connectivity index (χ0v) is 29.1. The molecule has 4 aromatic rings. The smallest absolute Gasteiger partial charge is 0.422 e. The molecule has 2 N–H and O–H groups in total. The van der Waals surface area contributed by atoms with Gasteiger partial charge in [-0.25, -0.2) is 0 Å². The van der Waals surface area contributed by atoms with E-state index in [2.05, 4.69) is 37.7 Å². The zero-order chi connectivity index (χ0) is 33.5. The molecule has 0 amide bonds. The number of benzene rings is 2. The van der Waals surface area contributed by atoms with Crippen molar-refractivity contribution in [3.8, 4) is 28.8 Å². The summed E-state index contributed by atoms with van der Waals surface area (Å²) in [6.45, 7) is 1.39. The number of halogens is 4. The number of hydrogen-bond donors (Lipinski definition) is 2. The van der Waals surface area contributed by atoms with Gasteiger partial charge in [0.1, 0.15) is 29.4 Å².